The number of aryl methyl sites for hydroxylation is 1. The predicted molar refractivity (Wildman–Crippen MR) is 90.2 cm³/mol. The van der Waals surface area contributed by atoms with Gasteiger partial charge in [0.2, 0.25) is 0 Å². The third kappa shape index (κ3) is 2.93. The summed E-state index contributed by atoms with van der Waals surface area (Å²) in [6, 6.07) is 13.7. The van der Waals surface area contributed by atoms with Gasteiger partial charge in [0, 0.05) is 10.4 Å². The summed E-state index contributed by atoms with van der Waals surface area (Å²) in [7, 11) is -3.68. The smallest absolute Gasteiger partial charge is 0.308 e. The Hall–Kier alpha value is -1.66. The van der Waals surface area contributed by atoms with Gasteiger partial charge in [0.1, 0.15) is 0 Å². The van der Waals surface area contributed by atoms with Crippen molar-refractivity contribution < 1.29 is 18.3 Å². The van der Waals surface area contributed by atoms with Gasteiger partial charge in [-0.1, -0.05) is 45.8 Å². The highest BCUT2D eigenvalue weighted by atomic mass is 79.9. The van der Waals surface area contributed by atoms with Crippen LogP contribution in [0.4, 0.5) is 0 Å². The SMILES string of the molecule is Cc1ccc(S(=O)(=O)[C@H]2[C@@H](C(=O)O)[C@@H]2c2ccc(Br)cc2)cc1. The van der Waals surface area contributed by atoms with E-state index in [4.69, 9.17) is 0 Å². The Morgan fingerprint density at radius 1 is 1.04 bits per heavy atom. The van der Waals surface area contributed by atoms with Crippen LogP contribution in [-0.2, 0) is 14.6 Å². The van der Waals surface area contributed by atoms with Crippen LogP contribution >= 0.6 is 15.9 Å². The van der Waals surface area contributed by atoms with E-state index in [1.54, 1.807) is 48.5 Å². The lowest BCUT2D eigenvalue weighted by atomic mass is 10.1. The van der Waals surface area contributed by atoms with Crippen LogP contribution < -0.4 is 0 Å². The highest BCUT2D eigenvalue weighted by Gasteiger charge is 2.63. The van der Waals surface area contributed by atoms with E-state index in [1.807, 2.05) is 6.92 Å². The molecule has 2 aromatic rings. The second kappa shape index (κ2) is 5.76. The largest absolute Gasteiger partial charge is 0.481 e. The van der Waals surface area contributed by atoms with Crippen molar-refractivity contribution >= 4 is 31.7 Å². The summed E-state index contributed by atoms with van der Waals surface area (Å²) in [4.78, 5) is 11.7. The van der Waals surface area contributed by atoms with Crippen LogP contribution in [0.2, 0.25) is 0 Å². The standard InChI is InChI=1S/C17H15BrO4S/c1-10-2-8-13(9-3-10)23(21,22)16-14(15(16)17(19)20)11-4-6-12(18)7-5-11/h2-9,14-16H,1H3,(H,19,20)/t14-,15-,16+/m0/s1. The molecule has 1 aliphatic rings. The van der Waals surface area contributed by atoms with E-state index in [-0.39, 0.29) is 4.90 Å². The van der Waals surface area contributed by atoms with Gasteiger partial charge in [-0.25, -0.2) is 8.42 Å². The Labute approximate surface area is 143 Å². The Balaban J connectivity index is 1.98. The Morgan fingerprint density at radius 3 is 2.13 bits per heavy atom. The van der Waals surface area contributed by atoms with Crippen molar-refractivity contribution in [1.29, 1.82) is 0 Å². The van der Waals surface area contributed by atoms with Crippen LogP contribution in [0.5, 0.6) is 0 Å². The number of hydrogen-bond acceptors (Lipinski definition) is 3. The number of carboxylic acids is 1. The van der Waals surface area contributed by atoms with Gasteiger partial charge >= 0.3 is 5.97 Å². The van der Waals surface area contributed by atoms with E-state index in [9.17, 15) is 18.3 Å². The molecular formula is C17H15BrO4S. The summed E-state index contributed by atoms with van der Waals surface area (Å²) in [5, 5.41) is 8.48. The number of benzene rings is 2. The molecule has 0 bridgehead atoms. The van der Waals surface area contributed by atoms with Crippen molar-refractivity contribution in [2.24, 2.45) is 5.92 Å². The predicted octanol–water partition coefficient (Wildman–Crippen LogP) is 3.40. The van der Waals surface area contributed by atoms with Gasteiger partial charge in [0.15, 0.2) is 9.84 Å². The molecule has 0 spiro atoms. The lowest BCUT2D eigenvalue weighted by Crippen LogP contribution is -2.13. The third-order valence-corrected chi connectivity index (χ3v) is 6.96. The van der Waals surface area contributed by atoms with E-state index >= 15 is 0 Å². The van der Waals surface area contributed by atoms with Crippen molar-refractivity contribution in [1.82, 2.24) is 0 Å². The molecule has 1 saturated carbocycles. The molecule has 0 aromatic heterocycles. The molecule has 0 aliphatic heterocycles. The van der Waals surface area contributed by atoms with Crippen LogP contribution in [-0.4, -0.2) is 24.7 Å². The number of hydrogen-bond donors (Lipinski definition) is 1. The lowest BCUT2D eigenvalue weighted by Gasteiger charge is -2.05. The van der Waals surface area contributed by atoms with Crippen LogP contribution in [0.1, 0.15) is 17.0 Å². The zero-order valence-corrected chi connectivity index (χ0v) is 14.7. The normalized spacial score (nSPS) is 23.5. The van der Waals surface area contributed by atoms with Gasteiger partial charge in [-0.2, -0.15) is 0 Å². The van der Waals surface area contributed by atoms with Gasteiger partial charge < -0.3 is 5.11 Å². The maximum absolute atomic E-state index is 12.8. The van der Waals surface area contributed by atoms with E-state index < -0.39 is 32.9 Å². The molecule has 6 heteroatoms. The van der Waals surface area contributed by atoms with E-state index in [2.05, 4.69) is 15.9 Å². The second-order valence-corrected chi connectivity index (χ2v) is 8.79. The van der Waals surface area contributed by atoms with Crippen LogP contribution in [0.15, 0.2) is 57.9 Å². The molecule has 3 atom stereocenters. The summed E-state index contributed by atoms with van der Waals surface area (Å²) in [6.45, 7) is 1.87. The lowest BCUT2D eigenvalue weighted by molar-refractivity contribution is -0.138. The van der Waals surface area contributed by atoms with E-state index in [1.165, 1.54) is 0 Å². The number of rotatable bonds is 4. The molecule has 0 saturated heterocycles. The molecule has 2 aromatic carbocycles. The average Bonchev–Trinajstić information content (AvgIpc) is 3.25. The molecule has 4 nitrogen and oxygen atoms in total. The molecule has 23 heavy (non-hydrogen) atoms. The molecule has 1 fully saturated rings. The fraction of sp³-hybridized carbons (Fsp3) is 0.235. The molecule has 1 N–H and O–H groups in total. The van der Waals surface area contributed by atoms with Crippen LogP contribution in [0.25, 0.3) is 0 Å². The van der Waals surface area contributed by atoms with Gasteiger partial charge in [-0.3, -0.25) is 4.79 Å². The van der Waals surface area contributed by atoms with Crippen molar-refractivity contribution in [2.75, 3.05) is 0 Å². The molecule has 120 valence electrons. The Kier molecular flexibility index (Phi) is 4.06. The first-order valence-corrected chi connectivity index (χ1v) is 9.45. The highest BCUT2D eigenvalue weighted by molar-refractivity contribution is 9.10. The molecule has 0 heterocycles. The molecular weight excluding hydrogens is 380 g/mol. The Bertz CT molecular complexity index is 841. The molecule has 1 aliphatic carbocycles. The topological polar surface area (TPSA) is 71.4 Å². The van der Waals surface area contributed by atoms with Gasteiger partial charge in [-0.15, -0.1) is 0 Å². The van der Waals surface area contributed by atoms with Crippen molar-refractivity contribution in [3.8, 4) is 0 Å². The highest BCUT2D eigenvalue weighted by Crippen LogP contribution is 2.54. The zero-order chi connectivity index (χ0) is 16.8. The monoisotopic (exact) mass is 394 g/mol. The van der Waals surface area contributed by atoms with Crippen LogP contribution in [0.3, 0.4) is 0 Å². The summed E-state index contributed by atoms with van der Waals surface area (Å²) in [5.41, 5.74) is 1.69. The van der Waals surface area contributed by atoms with E-state index in [0.29, 0.717) is 0 Å². The van der Waals surface area contributed by atoms with Crippen molar-refractivity contribution in [3.05, 3.63) is 64.1 Å². The first-order valence-electron chi connectivity index (χ1n) is 7.11. The first-order chi connectivity index (χ1) is 10.8. The number of carboxylic acid groups (broad SMARTS) is 1. The summed E-state index contributed by atoms with van der Waals surface area (Å²) in [6.07, 6.45) is 0. The number of sulfone groups is 1. The second-order valence-electron chi connectivity index (χ2n) is 5.76. The van der Waals surface area contributed by atoms with Gasteiger partial charge in [0.25, 0.3) is 0 Å². The van der Waals surface area contributed by atoms with E-state index in [0.717, 1.165) is 15.6 Å². The summed E-state index contributed by atoms with van der Waals surface area (Å²) >= 11 is 3.32. The maximum atomic E-state index is 12.8. The van der Waals surface area contributed by atoms with Crippen LogP contribution in [0, 0.1) is 12.8 Å². The molecule has 0 unspecified atom stereocenters. The molecule has 0 amide bonds. The minimum atomic E-state index is -3.68. The van der Waals surface area contributed by atoms with Gasteiger partial charge in [0.05, 0.1) is 16.1 Å². The minimum absolute atomic E-state index is 0.180. The summed E-state index contributed by atoms with van der Waals surface area (Å²) < 4.78 is 26.5. The summed E-state index contributed by atoms with van der Waals surface area (Å²) in [5.74, 6) is -2.48. The number of carbonyl (C=O) groups is 1. The first kappa shape index (κ1) is 16.2. The minimum Gasteiger partial charge on any atom is -0.481 e. The number of aliphatic carboxylic acids is 1. The third-order valence-electron chi connectivity index (χ3n) is 4.20. The van der Waals surface area contributed by atoms with Crippen molar-refractivity contribution in [3.63, 3.8) is 0 Å². The quantitative estimate of drug-likeness (QED) is 0.862. The fourth-order valence-corrected chi connectivity index (χ4v) is 5.32. The van der Waals surface area contributed by atoms with Gasteiger partial charge in [-0.05, 0) is 36.8 Å². The average molecular weight is 395 g/mol. The molecule has 0 radical (unpaired) electrons. The number of halogens is 1. The Morgan fingerprint density at radius 2 is 1.61 bits per heavy atom. The zero-order valence-electron chi connectivity index (χ0n) is 12.3. The van der Waals surface area contributed by atoms with Crippen molar-refractivity contribution in [2.45, 2.75) is 23.0 Å². The maximum Gasteiger partial charge on any atom is 0.308 e. The molecule has 3 rings (SSSR count). The fourth-order valence-electron chi connectivity index (χ4n) is 2.93.